The molecule has 0 spiro atoms. The lowest BCUT2D eigenvalue weighted by atomic mass is 9.97. The minimum absolute atomic E-state index is 0.331. The van der Waals surface area contributed by atoms with Gasteiger partial charge in [0, 0.05) is 12.1 Å². The van der Waals surface area contributed by atoms with Crippen LogP contribution in [0.1, 0.15) is 51.9 Å². The normalized spacial score (nSPS) is 34.6. The van der Waals surface area contributed by atoms with Crippen molar-refractivity contribution in [3.05, 3.63) is 0 Å². The second kappa shape index (κ2) is 4.94. The predicted octanol–water partition coefficient (Wildman–Crippen LogP) is 0.986. The fourth-order valence-corrected chi connectivity index (χ4v) is 3.61. The molecule has 17 heavy (non-hydrogen) atoms. The fourth-order valence-electron chi connectivity index (χ4n) is 3.61. The summed E-state index contributed by atoms with van der Waals surface area (Å²) in [7, 11) is 0. The summed E-state index contributed by atoms with van der Waals surface area (Å²) in [5.74, 6) is -0.331. The van der Waals surface area contributed by atoms with Gasteiger partial charge in [0.1, 0.15) is 0 Å². The third kappa shape index (κ3) is 2.47. The summed E-state index contributed by atoms with van der Waals surface area (Å²) in [6, 6.07) is 1.17. The molecule has 0 heterocycles. The predicted molar refractivity (Wildman–Crippen MR) is 68.4 cm³/mol. The van der Waals surface area contributed by atoms with Gasteiger partial charge in [0.15, 0.2) is 0 Å². The van der Waals surface area contributed by atoms with Crippen LogP contribution < -0.4 is 11.5 Å². The van der Waals surface area contributed by atoms with Gasteiger partial charge in [-0.25, -0.2) is 0 Å². The summed E-state index contributed by atoms with van der Waals surface area (Å²) in [6.07, 6.45) is 7.80. The van der Waals surface area contributed by atoms with Gasteiger partial charge in [-0.2, -0.15) is 0 Å². The molecule has 2 aliphatic carbocycles. The summed E-state index contributed by atoms with van der Waals surface area (Å²) in [5, 5.41) is 0. The average Bonchev–Trinajstić information content (AvgIpc) is 2.91. The van der Waals surface area contributed by atoms with Crippen LogP contribution in [0.3, 0.4) is 0 Å². The topological polar surface area (TPSA) is 72.3 Å². The van der Waals surface area contributed by atoms with Crippen LogP contribution in [-0.4, -0.2) is 35.0 Å². The van der Waals surface area contributed by atoms with Gasteiger partial charge >= 0.3 is 0 Å². The molecule has 2 unspecified atom stereocenters. The fraction of sp³-hybridized carbons (Fsp3) is 0.923. The van der Waals surface area contributed by atoms with E-state index in [1.807, 2.05) is 0 Å². The Morgan fingerprint density at radius 2 is 1.94 bits per heavy atom. The van der Waals surface area contributed by atoms with Crippen molar-refractivity contribution in [2.75, 3.05) is 6.54 Å². The minimum atomic E-state index is -0.753. The zero-order chi connectivity index (χ0) is 12.5. The Balaban J connectivity index is 2.00. The van der Waals surface area contributed by atoms with Crippen LogP contribution in [-0.2, 0) is 4.79 Å². The first-order chi connectivity index (χ1) is 8.07. The molecule has 4 N–H and O–H groups in total. The van der Waals surface area contributed by atoms with Gasteiger partial charge in [-0.15, -0.1) is 0 Å². The lowest BCUT2D eigenvalue weighted by Crippen LogP contribution is -2.51. The smallest absolute Gasteiger partial charge is 0.237 e. The Morgan fingerprint density at radius 3 is 2.41 bits per heavy atom. The Hall–Kier alpha value is -0.610. The van der Waals surface area contributed by atoms with E-state index in [4.69, 9.17) is 11.5 Å². The highest BCUT2D eigenvalue weighted by Crippen LogP contribution is 2.35. The maximum absolute atomic E-state index is 11.4. The van der Waals surface area contributed by atoms with E-state index in [1.165, 1.54) is 25.7 Å². The van der Waals surface area contributed by atoms with Crippen LogP contribution in [0, 0.1) is 0 Å². The Kier molecular flexibility index (Phi) is 3.73. The van der Waals surface area contributed by atoms with E-state index >= 15 is 0 Å². The highest BCUT2D eigenvalue weighted by Gasteiger charge is 2.43. The average molecular weight is 239 g/mol. The van der Waals surface area contributed by atoms with Gasteiger partial charge in [-0.1, -0.05) is 19.8 Å². The van der Waals surface area contributed by atoms with Crippen molar-refractivity contribution in [1.82, 2.24) is 4.90 Å². The number of rotatable bonds is 4. The molecule has 2 rings (SSSR count). The monoisotopic (exact) mass is 239 g/mol. The molecule has 0 aromatic rings. The molecule has 4 nitrogen and oxygen atoms in total. The van der Waals surface area contributed by atoms with Gasteiger partial charge in [0.05, 0.1) is 5.54 Å². The SMILES string of the molecule is CCN(C1CCCC1)C1CCC(N)(C(N)=O)C1. The van der Waals surface area contributed by atoms with E-state index in [0.717, 1.165) is 25.8 Å². The molecule has 0 aromatic heterocycles. The molecule has 0 bridgehead atoms. The molecule has 98 valence electrons. The number of carbonyl (C=O) groups excluding carboxylic acids is 1. The maximum atomic E-state index is 11.4. The third-order valence-corrected chi connectivity index (χ3v) is 4.64. The molecular weight excluding hydrogens is 214 g/mol. The summed E-state index contributed by atoms with van der Waals surface area (Å²) in [4.78, 5) is 13.9. The summed E-state index contributed by atoms with van der Waals surface area (Å²) >= 11 is 0. The van der Waals surface area contributed by atoms with Gasteiger partial charge in [0.25, 0.3) is 0 Å². The van der Waals surface area contributed by atoms with E-state index < -0.39 is 5.54 Å². The summed E-state index contributed by atoms with van der Waals surface area (Å²) in [6.45, 7) is 3.27. The van der Waals surface area contributed by atoms with Crippen molar-refractivity contribution in [2.45, 2.75) is 69.5 Å². The molecule has 4 heteroatoms. The van der Waals surface area contributed by atoms with Crippen LogP contribution in [0.4, 0.5) is 0 Å². The lowest BCUT2D eigenvalue weighted by molar-refractivity contribution is -0.123. The number of nitrogens with zero attached hydrogens (tertiary/aromatic N) is 1. The molecule has 2 atom stereocenters. The first kappa shape index (κ1) is 12.8. The number of hydrogen-bond donors (Lipinski definition) is 2. The van der Waals surface area contributed by atoms with E-state index in [-0.39, 0.29) is 5.91 Å². The number of primary amides is 1. The van der Waals surface area contributed by atoms with E-state index in [1.54, 1.807) is 0 Å². The van der Waals surface area contributed by atoms with Gasteiger partial charge in [-0.3, -0.25) is 9.69 Å². The molecule has 2 fully saturated rings. The van der Waals surface area contributed by atoms with Gasteiger partial charge < -0.3 is 11.5 Å². The molecule has 2 aliphatic rings. The molecule has 0 saturated heterocycles. The number of carbonyl (C=O) groups is 1. The zero-order valence-corrected chi connectivity index (χ0v) is 10.8. The van der Waals surface area contributed by atoms with Crippen molar-refractivity contribution in [2.24, 2.45) is 11.5 Å². The first-order valence-electron chi connectivity index (χ1n) is 6.91. The number of amides is 1. The van der Waals surface area contributed by atoms with Crippen LogP contribution >= 0.6 is 0 Å². The van der Waals surface area contributed by atoms with E-state index in [9.17, 15) is 4.79 Å². The molecular formula is C13H25N3O. The maximum Gasteiger partial charge on any atom is 0.237 e. The lowest BCUT2D eigenvalue weighted by Gasteiger charge is -2.34. The van der Waals surface area contributed by atoms with Gasteiger partial charge in [0.2, 0.25) is 5.91 Å². The molecule has 2 saturated carbocycles. The molecule has 0 radical (unpaired) electrons. The summed E-state index contributed by atoms with van der Waals surface area (Å²) < 4.78 is 0. The van der Waals surface area contributed by atoms with Crippen molar-refractivity contribution in [1.29, 1.82) is 0 Å². The Bertz CT molecular complexity index is 288. The Labute approximate surface area is 104 Å². The Morgan fingerprint density at radius 1 is 1.29 bits per heavy atom. The van der Waals surface area contributed by atoms with Crippen LogP contribution in [0.15, 0.2) is 0 Å². The second-order valence-corrected chi connectivity index (χ2v) is 5.69. The van der Waals surface area contributed by atoms with Crippen LogP contribution in [0.5, 0.6) is 0 Å². The quantitative estimate of drug-likeness (QED) is 0.768. The van der Waals surface area contributed by atoms with Crippen molar-refractivity contribution in [3.63, 3.8) is 0 Å². The highest BCUT2D eigenvalue weighted by molar-refractivity contribution is 5.84. The van der Waals surface area contributed by atoms with Crippen LogP contribution in [0.25, 0.3) is 0 Å². The minimum Gasteiger partial charge on any atom is -0.368 e. The van der Waals surface area contributed by atoms with Crippen molar-refractivity contribution in [3.8, 4) is 0 Å². The van der Waals surface area contributed by atoms with Gasteiger partial charge in [-0.05, 0) is 38.6 Å². The standard InChI is InChI=1S/C13H25N3O/c1-2-16(10-5-3-4-6-10)11-7-8-13(15,9-11)12(14)17/h10-11H,2-9,15H2,1H3,(H2,14,17). The van der Waals surface area contributed by atoms with Crippen LogP contribution in [0.2, 0.25) is 0 Å². The molecule has 1 amide bonds. The van der Waals surface area contributed by atoms with E-state index in [0.29, 0.717) is 12.1 Å². The largest absolute Gasteiger partial charge is 0.368 e. The third-order valence-electron chi connectivity index (χ3n) is 4.64. The second-order valence-electron chi connectivity index (χ2n) is 5.69. The highest BCUT2D eigenvalue weighted by atomic mass is 16.1. The summed E-state index contributed by atoms with van der Waals surface area (Å²) in [5.41, 5.74) is 10.7. The molecule has 0 aromatic carbocycles. The van der Waals surface area contributed by atoms with E-state index in [2.05, 4.69) is 11.8 Å². The van der Waals surface area contributed by atoms with Crippen molar-refractivity contribution < 1.29 is 4.79 Å². The number of hydrogen-bond acceptors (Lipinski definition) is 3. The number of nitrogens with two attached hydrogens (primary N) is 2. The zero-order valence-electron chi connectivity index (χ0n) is 10.8. The molecule has 0 aliphatic heterocycles. The van der Waals surface area contributed by atoms with Crippen molar-refractivity contribution >= 4 is 5.91 Å². The first-order valence-corrected chi connectivity index (χ1v) is 6.91.